The topological polar surface area (TPSA) is 24.9 Å². The fraction of sp³-hybridized carbons (Fsp3) is 0.438. The Balaban J connectivity index is 1.90. The second kappa shape index (κ2) is 5.49. The Morgan fingerprint density at radius 3 is 2.95 bits per heavy atom. The van der Waals surface area contributed by atoms with Crippen LogP contribution in [0.4, 0.5) is 5.82 Å². The van der Waals surface area contributed by atoms with E-state index in [-0.39, 0.29) is 0 Å². The van der Waals surface area contributed by atoms with Gasteiger partial charge in [-0.1, -0.05) is 47.8 Å². The van der Waals surface area contributed by atoms with Crippen molar-refractivity contribution in [1.82, 2.24) is 4.98 Å². The molecule has 2 aromatic rings. The average Bonchev–Trinajstić information content (AvgIpc) is 2.40. The van der Waals surface area contributed by atoms with Crippen molar-refractivity contribution in [2.24, 2.45) is 5.92 Å². The molecule has 1 fully saturated rings. The van der Waals surface area contributed by atoms with Crippen molar-refractivity contribution in [3.05, 3.63) is 34.9 Å². The van der Waals surface area contributed by atoms with Crippen LogP contribution >= 0.6 is 15.9 Å². The van der Waals surface area contributed by atoms with E-state index in [0.717, 1.165) is 16.2 Å². The number of nitrogens with one attached hydrogen (secondary N) is 1. The molecule has 1 aromatic carbocycles. The fourth-order valence-electron chi connectivity index (χ4n) is 3.04. The molecule has 1 heterocycles. The van der Waals surface area contributed by atoms with Gasteiger partial charge in [0.1, 0.15) is 5.82 Å². The van der Waals surface area contributed by atoms with E-state index in [1.807, 2.05) is 6.20 Å². The van der Waals surface area contributed by atoms with E-state index in [4.69, 9.17) is 0 Å². The van der Waals surface area contributed by atoms with Crippen molar-refractivity contribution in [2.45, 2.75) is 38.6 Å². The first kappa shape index (κ1) is 12.9. The summed E-state index contributed by atoms with van der Waals surface area (Å²) in [6, 6.07) is 8.92. The molecule has 1 saturated carbocycles. The third-order valence-corrected chi connectivity index (χ3v) is 4.72. The van der Waals surface area contributed by atoms with Crippen molar-refractivity contribution < 1.29 is 0 Å². The minimum atomic E-state index is 0.570. The Kier molecular flexibility index (Phi) is 3.74. The van der Waals surface area contributed by atoms with Crippen LogP contribution < -0.4 is 5.32 Å². The Hall–Kier alpha value is -1.09. The van der Waals surface area contributed by atoms with Gasteiger partial charge in [-0.15, -0.1) is 0 Å². The zero-order chi connectivity index (χ0) is 13.2. The number of fused-ring (bicyclic) bond motifs is 1. The number of rotatable bonds is 2. The third kappa shape index (κ3) is 2.76. The molecule has 1 aromatic heterocycles. The molecule has 0 amide bonds. The van der Waals surface area contributed by atoms with Crippen LogP contribution in [0, 0.1) is 5.92 Å². The lowest BCUT2D eigenvalue weighted by atomic mass is 9.87. The molecule has 1 aliphatic carbocycles. The highest BCUT2D eigenvalue weighted by Gasteiger charge is 2.19. The van der Waals surface area contributed by atoms with Crippen LogP contribution in [-0.2, 0) is 0 Å². The molecule has 0 bridgehead atoms. The molecule has 0 spiro atoms. The van der Waals surface area contributed by atoms with Crippen molar-refractivity contribution in [2.75, 3.05) is 5.32 Å². The maximum atomic E-state index is 4.54. The molecule has 0 radical (unpaired) electrons. The molecule has 1 N–H and O–H groups in total. The molecule has 3 heteroatoms. The number of pyridine rings is 1. The molecule has 100 valence electrons. The molecule has 2 nitrogen and oxygen atoms in total. The van der Waals surface area contributed by atoms with Gasteiger partial charge in [0.15, 0.2) is 0 Å². The number of aromatic nitrogens is 1. The fourth-order valence-corrected chi connectivity index (χ4v) is 3.54. The summed E-state index contributed by atoms with van der Waals surface area (Å²) in [5.41, 5.74) is 0. The van der Waals surface area contributed by atoms with Crippen LogP contribution in [0.15, 0.2) is 34.9 Å². The minimum Gasteiger partial charge on any atom is -0.367 e. The average molecular weight is 319 g/mol. The molecule has 0 saturated heterocycles. The lowest BCUT2D eigenvalue weighted by molar-refractivity contribution is 0.358. The van der Waals surface area contributed by atoms with Gasteiger partial charge in [0, 0.05) is 27.5 Å². The molecule has 0 aliphatic heterocycles. The van der Waals surface area contributed by atoms with Crippen LogP contribution in [0.2, 0.25) is 0 Å². The maximum absolute atomic E-state index is 4.54. The van der Waals surface area contributed by atoms with Crippen LogP contribution in [0.25, 0.3) is 10.8 Å². The van der Waals surface area contributed by atoms with Gasteiger partial charge in [0.25, 0.3) is 0 Å². The second-order valence-electron chi connectivity index (χ2n) is 5.61. The summed E-state index contributed by atoms with van der Waals surface area (Å²) < 4.78 is 1.13. The summed E-state index contributed by atoms with van der Waals surface area (Å²) in [7, 11) is 0. The van der Waals surface area contributed by atoms with Gasteiger partial charge in [-0.3, -0.25) is 0 Å². The van der Waals surface area contributed by atoms with Gasteiger partial charge in [0.05, 0.1) is 0 Å². The zero-order valence-electron chi connectivity index (χ0n) is 11.2. The summed E-state index contributed by atoms with van der Waals surface area (Å²) in [6.45, 7) is 2.35. The lowest BCUT2D eigenvalue weighted by Crippen LogP contribution is -2.26. The quantitative estimate of drug-likeness (QED) is 0.843. The Bertz CT molecular complexity index is 582. The predicted molar refractivity (Wildman–Crippen MR) is 84.5 cm³/mol. The largest absolute Gasteiger partial charge is 0.367 e. The van der Waals surface area contributed by atoms with Crippen LogP contribution in [0.3, 0.4) is 0 Å². The van der Waals surface area contributed by atoms with Crippen LogP contribution in [0.1, 0.15) is 32.6 Å². The Labute approximate surface area is 122 Å². The Morgan fingerprint density at radius 2 is 2.11 bits per heavy atom. The van der Waals surface area contributed by atoms with E-state index in [9.17, 15) is 0 Å². The van der Waals surface area contributed by atoms with Crippen molar-refractivity contribution >= 4 is 32.5 Å². The van der Waals surface area contributed by atoms with E-state index < -0.39 is 0 Å². The van der Waals surface area contributed by atoms with Gasteiger partial charge < -0.3 is 5.32 Å². The van der Waals surface area contributed by atoms with Gasteiger partial charge in [0.2, 0.25) is 0 Å². The van der Waals surface area contributed by atoms with Gasteiger partial charge in [-0.2, -0.15) is 0 Å². The SMILES string of the molecule is CC1CCCC(Nc2nccc3c(Br)cccc23)C1. The molecule has 19 heavy (non-hydrogen) atoms. The number of benzene rings is 1. The number of anilines is 1. The normalized spacial score (nSPS) is 23.5. The monoisotopic (exact) mass is 318 g/mol. The third-order valence-electron chi connectivity index (χ3n) is 4.03. The zero-order valence-corrected chi connectivity index (χ0v) is 12.8. The van der Waals surface area contributed by atoms with Crippen molar-refractivity contribution in [3.8, 4) is 0 Å². The van der Waals surface area contributed by atoms with Gasteiger partial charge in [-0.25, -0.2) is 4.98 Å². The summed E-state index contributed by atoms with van der Waals surface area (Å²) in [5, 5.41) is 6.08. The van der Waals surface area contributed by atoms with Crippen LogP contribution in [0.5, 0.6) is 0 Å². The first-order chi connectivity index (χ1) is 9.24. The van der Waals surface area contributed by atoms with Crippen LogP contribution in [-0.4, -0.2) is 11.0 Å². The highest BCUT2D eigenvalue weighted by Crippen LogP contribution is 2.30. The predicted octanol–water partition coefficient (Wildman–Crippen LogP) is 4.99. The molecule has 3 rings (SSSR count). The lowest BCUT2D eigenvalue weighted by Gasteiger charge is -2.28. The first-order valence-corrected chi connectivity index (χ1v) is 7.83. The number of nitrogens with zero attached hydrogens (tertiary/aromatic N) is 1. The summed E-state index contributed by atoms with van der Waals surface area (Å²) >= 11 is 3.61. The minimum absolute atomic E-state index is 0.570. The summed E-state index contributed by atoms with van der Waals surface area (Å²) in [5.74, 6) is 1.85. The summed E-state index contributed by atoms with van der Waals surface area (Å²) in [6.07, 6.45) is 7.10. The van der Waals surface area contributed by atoms with E-state index in [0.29, 0.717) is 6.04 Å². The van der Waals surface area contributed by atoms with Gasteiger partial charge in [-0.05, 0) is 30.9 Å². The van der Waals surface area contributed by atoms with E-state index in [1.165, 1.54) is 36.5 Å². The molecular formula is C16H19BrN2. The first-order valence-electron chi connectivity index (χ1n) is 7.04. The number of hydrogen-bond acceptors (Lipinski definition) is 2. The summed E-state index contributed by atoms with van der Waals surface area (Å²) in [4.78, 5) is 4.54. The number of halogens is 1. The smallest absolute Gasteiger partial charge is 0.134 e. The van der Waals surface area contributed by atoms with E-state index in [2.05, 4.69) is 57.4 Å². The molecule has 2 unspecified atom stereocenters. The van der Waals surface area contributed by atoms with Crippen molar-refractivity contribution in [1.29, 1.82) is 0 Å². The second-order valence-corrected chi connectivity index (χ2v) is 6.46. The molecule has 2 atom stereocenters. The molecule has 1 aliphatic rings. The highest BCUT2D eigenvalue weighted by molar-refractivity contribution is 9.10. The van der Waals surface area contributed by atoms with E-state index >= 15 is 0 Å². The standard InChI is InChI=1S/C16H19BrN2/c1-11-4-2-5-12(10-11)19-16-14-6-3-7-15(17)13(14)8-9-18-16/h3,6-9,11-12H,2,4-5,10H2,1H3,(H,18,19). The highest BCUT2D eigenvalue weighted by atomic mass is 79.9. The van der Waals surface area contributed by atoms with Crippen molar-refractivity contribution in [3.63, 3.8) is 0 Å². The van der Waals surface area contributed by atoms with Gasteiger partial charge >= 0.3 is 0 Å². The Morgan fingerprint density at radius 1 is 1.21 bits per heavy atom. The molecular weight excluding hydrogens is 300 g/mol. The number of hydrogen-bond donors (Lipinski definition) is 1. The maximum Gasteiger partial charge on any atom is 0.134 e. The van der Waals surface area contributed by atoms with E-state index in [1.54, 1.807) is 0 Å².